The second-order valence-corrected chi connectivity index (χ2v) is 2.50. The summed E-state index contributed by atoms with van der Waals surface area (Å²) in [5, 5.41) is 18.5. The molecule has 3 heteroatoms. The highest BCUT2D eigenvalue weighted by molar-refractivity contribution is 5.65. The van der Waals surface area contributed by atoms with E-state index in [9.17, 15) is 5.11 Å². The summed E-state index contributed by atoms with van der Waals surface area (Å²) in [6, 6.07) is 0. The highest BCUT2D eigenvalue weighted by Crippen LogP contribution is 2.25. The van der Waals surface area contributed by atoms with E-state index in [-0.39, 0.29) is 12.4 Å². The van der Waals surface area contributed by atoms with Gasteiger partial charge in [0.15, 0.2) is 0 Å². The van der Waals surface area contributed by atoms with E-state index >= 15 is 0 Å². The lowest BCUT2D eigenvalue weighted by Gasteiger charge is -2.06. The molecule has 0 atom stereocenters. The van der Waals surface area contributed by atoms with Gasteiger partial charge in [-0.15, -0.1) is 0 Å². The molecule has 3 nitrogen and oxygen atoms in total. The maximum atomic E-state index is 9.58. The molecule has 1 rings (SSSR count). The van der Waals surface area contributed by atoms with Crippen molar-refractivity contribution in [3.63, 3.8) is 0 Å². The van der Waals surface area contributed by atoms with E-state index in [0.717, 1.165) is 0 Å². The summed E-state index contributed by atoms with van der Waals surface area (Å²) in [6.07, 6.45) is 4.42. The van der Waals surface area contributed by atoms with E-state index in [2.05, 4.69) is 18.1 Å². The fourth-order valence-electron chi connectivity index (χ4n) is 1.07. The molecule has 0 aliphatic heterocycles. The maximum Gasteiger partial charge on any atom is 0.148 e. The number of hydrogen-bond acceptors (Lipinski definition) is 3. The number of aromatic hydroxyl groups is 1. The van der Waals surface area contributed by atoms with Crippen LogP contribution in [0.15, 0.2) is 19.4 Å². The first kappa shape index (κ1) is 9.48. The number of nitrogens with zero attached hydrogens (tertiary/aromatic N) is 1. The van der Waals surface area contributed by atoms with Crippen LogP contribution in [0.2, 0.25) is 0 Å². The van der Waals surface area contributed by atoms with Gasteiger partial charge in [-0.1, -0.05) is 19.2 Å². The van der Waals surface area contributed by atoms with Gasteiger partial charge in [0, 0.05) is 17.3 Å². The maximum absolute atomic E-state index is 9.58. The van der Waals surface area contributed by atoms with Crippen LogP contribution in [0.1, 0.15) is 16.8 Å². The van der Waals surface area contributed by atoms with E-state index in [1.807, 2.05) is 0 Å². The minimum atomic E-state index is -0.167. The molecule has 13 heavy (non-hydrogen) atoms. The molecule has 2 N–H and O–H groups in total. The molecule has 0 saturated heterocycles. The van der Waals surface area contributed by atoms with Crippen molar-refractivity contribution >= 4 is 12.2 Å². The van der Waals surface area contributed by atoms with Crippen LogP contribution in [0.25, 0.3) is 12.2 Å². The zero-order valence-electron chi connectivity index (χ0n) is 7.20. The lowest BCUT2D eigenvalue weighted by molar-refractivity contribution is 0.280. The van der Waals surface area contributed by atoms with Gasteiger partial charge < -0.3 is 10.2 Å². The van der Waals surface area contributed by atoms with Crippen molar-refractivity contribution in [1.29, 1.82) is 0 Å². The molecule has 0 aliphatic carbocycles. The number of rotatable bonds is 3. The third-order valence-electron chi connectivity index (χ3n) is 1.77. The Bertz CT molecular complexity index is 345. The number of aliphatic hydroxyl groups excluding tert-OH is 1. The Kier molecular flexibility index (Phi) is 2.82. The van der Waals surface area contributed by atoms with Crippen molar-refractivity contribution in [2.24, 2.45) is 0 Å². The zero-order valence-corrected chi connectivity index (χ0v) is 7.20. The van der Waals surface area contributed by atoms with E-state index in [1.165, 1.54) is 18.3 Å². The first-order valence-electron chi connectivity index (χ1n) is 3.81. The Morgan fingerprint density at radius 3 is 2.54 bits per heavy atom. The largest absolute Gasteiger partial charge is 0.505 e. The van der Waals surface area contributed by atoms with E-state index < -0.39 is 0 Å². The predicted molar refractivity (Wildman–Crippen MR) is 52.0 cm³/mol. The van der Waals surface area contributed by atoms with E-state index in [1.54, 1.807) is 0 Å². The van der Waals surface area contributed by atoms with Gasteiger partial charge in [0.2, 0.25) is 0 Å². The van der Waals surface area contributed by atoms with Crippen molar-refractivity contribution in [2.45, 2.75) is 6.61 Å². The van der Waals surface area contributed by atoms with Gasteiger partial charge in [-0.3, -0.25) is 4.98 Å². The Morgan fingerprint density at radius 2 is 2.08 bits per heavy atom. The molecule has 0 radical (unpaired) electrons. The summed E-state index contributed by atoms with van der Waals surface area (Å²) >= 11 is 0. The van der Waals surface area contributed by atoms with Gasteiger partial charge in [-0.2, -0.15) is 0 Å². The zero-order chi connectivity index (χ0) is 9.84. The van der Waals surface area contributed by atoms with Gasteiger partial charge >= 0.3 is 0 Å². The number of aromatic nitrogens is 1. The van der Waals surface area contributed by atoms with Crippen molar-refractivity contribution in [3.05, 3.63) is 36.2 Å². The normalized spacial score (nSPS) is 9.62. The third-order valence-corrected chi connectivity index (χ3v) is 1.77. The first-order chi connectivity index (χ1) is 6.24. The van der Waals surface area contributed by atoms with Crippen molar-refractivity contribution in [2.75, 3.05) is 0 Å². The predicted octanol–water partition coefficient (Wildman–Crippen LogP) is 1.57. The van der Waals surface area contributed by atoms with Gasteiger partial charge in [-0.05, 0) is 6.08 Å². The molecular formula is C10H11NO2. The van der Waals surface area contributed by atoms with Crippen LogP contribution in [-0.2, 0) is 6.61 Å². The number of aliphatic hydroxyl groups is 1. The minimum Gasteiger partial charge on any atom is -0.505 e. The Hall–Kier alpha value is -1.61. The molecule has 0 amide bonds. The minimum absolute atomic E-state index is 0.0107. The highest BCUT2D eigenvalue weighted by atomic mass is 16.3. The molecule has 1 aromatic rings. The third kappa shape index (κ3) is 1.60. The van der Waals surface area contributed by atoms with Crippen LogP contribution < -0.4 is 0 Å². The molecule has 1 heterocycles. The van der Waals surface area contributed by atoms with Crippen LogP contribution in [0, 0.1) is 0 Å². The first-order valence-corrected chi connectivity index (χ1v) is 3.81. The van der Waals surface area contributed by atoms with Crippen LogP contribution in [0.5, 0.6) is 5.75 Å². The summed E-state index contributed by atoms with van der Waals surface area (Å²) in [6.45, 7) is 6.88. The van der Waals surface area contributed by atoms with Crippen molar-refractivity contribution < 1.29 is 10.2 Å². The molecule has 0 aliphatic rings. The highest BCUT2D eigenvalue weighted by Gasteiger charge is 2.08. The summed E-state index contributed by atoms with van der Waals surface area (Å²) in [4.78, 5) is 3.90. The molecule has 0 spiro atoms. The quantitative estimate of drug-likeness (QED) is 0.736. The van der Waals surface area contributed by atoms with Crippen LogP contribution in [0.4, 0.5) is 0 Å². The molecule has 0 unspecified atom stereocenters. The molecule has 0 aromatic carbocycles. The standard InChI is InChI=1S/C10H11NO2/c1-3-8-7(6-12)5-11-9(4-2)10(8)13/h3-5,12-13H,1-2,6H2. The van der Waals surface area contributed by atoms with Gasteiger partial charge in [0.1, 0.15) is 11.4 Å². The Balaban J connectivity index is 3.39. The van der Waals surface area contributed by atoms with Crippen LogP contribution >= 0.6 is 0 Å². The summed E-state index contributed by atoms with van der Waals surface area (Å²) in [5.41, 5.74) is 1.46. The smallest absolute Gasteiger partial charge is 0.148 e. The van der Waals surface area contributed by atoms with Gasteiger partial charge in [0.05, 0.1) is 6.61 Å². The number of hydrogen-bond donors (Lipinski definition) is 2. The van der Waals surface area contributed by atoms with Gasteiger partial charge in [0.25, 0.3) is 0 Å². The molecular weight excluding hydrogens is 166 g/mol. The van der Waals surface area contributed by atoms with Crippen LogP contribution in [0.3, 0.4) is 0 Å². The molecule has 0 bridgehead atoms. The SMILES string of the molecule is C=Cc1ncc(CO)c(C=C)c1O. The Morgan fingerprint density at radius 1 is 1.38 bits per heavy atom. The lowest BCUT2D eigenvalue weighted by atomic mass is 10.1. The van der Waals surface area contributed by atoms with E-state index in [0.29, 0.717) is 16.8 Å². The van der Waals surface area contributed by atoms with Crippen molar-refractivity contribution in [1.82, 2.24) is 4.98 Å². The summed E-state index contributed by atoms with van der Waals surface area (Å²) in [7, 11) is 0. The monoisotopic (exact) mass is 177 g/mol. The fourth-order valence-corrected chi connectivity index (χ4v) is 1.07. The summed E-state index contributed by atoms with van der Waals surface area (Å²) < 4.78 is 0. The second kappa shape index (κ2) is 3.87. The summed E-state index contributed by atoms with van der Waals surface area (Å²) in [5.74, 6) is 0.0107. The number of pyridine rings is 1. The van der Waals surface area contributed by atoms with Gasteiger partial charge in [-0.25, -0.2) is 0 Å². The van der Waals surface area contributed by atoms with Crippen molar-refractivity contribution in [3.8, 4) is 5.75 Å². The van der Waals surface area contributed by atoms with E-state index in [4.69, 9.17) is 5.11 Å². The lowest BCUT2D eigenvalue weighted by Crippen LogP contribution is -1.93. The average molecular weight is 177 g/mol. The van der Waals surface area contributed by atoms with Crippen LogP contribution in [-0.4, -0.2) is 15.2 Å². The molecule has 0 saturated carbocycles. The second-order valence-electron chi connectivity index (χ2n) is 2.50. The molecule has 1 aromatic heterocycles. The average Bonchev–Trinajstić information content (AvgIpc) is 2.17. The fraction of sp³-hybridized carbons (Fsp3) is 0.100. The Labute approximate surface area is 76.7 Å². The molecule has 68 valence electrons. The molecule has 0 fully saturated rings. The topological polar surface area (TPSA) is 53.4 Å².